The van der Waals surface area contributed by atoms with Crippen molar-refractivity contribution in [2.24, 2.45) is 0 Å². The Hall–Kier alpha value is -4.40. The van der Waals surface area contributed by atoms with Crippen LogP contribution in [0.1, 0.15) is 34.3 Å². The van der Waals surface area contributed by atoms with Crippen LogP contribution in [0.15, 0.2) is 72.8 Å². The summed E-state index contributed by atoms with van der Waals surface area (Å²) in [6.07, 6.45) is -0.512. The number of hydrogen-bond donors (Lipinski definition) is 3. The normalized spacial score (nSPS) is 15.6. The molecule has 0 aliphatic carbocycles. The molecule has 0 spiro atoms. The fraction of sp³-hybridized carbons (Fsp3) is 0.250. The molecule has 0 bridgehead atoms. The number of benzene rings is 3. The molecule has 37 heavy (non-hydrogen) atoms. The molecule has 1 unspecified atom stereocenters. The average molecular weight is 506 g/mol. The summed E-state index contributed by atoms with van der Waals surface area (Å²) in [4.78, 5) is 37.8. The molecule has 3 aromatic carbocycles. The van der Waals surface area contributed by atoms with E-state index in [4.69, 9.17) is 9.84 Å². The standard InChI is InChI=1S/C28H28FN3O5/c1-18-16-19(9-14-23(18)31-28(36)30-21-6-3-2-4-7-21)17-25(33)32-15-5-8-24(32)26(29)37-22-12-10-20(11-13-22)27(34)35/h2-4,6-7,9-14,16,24,26H,5,8,15,17H2,1H3,(H,34,35)(H2,30,31,36)/t24-,26?/m0/s1. The Kier molecular flexibility index (Phi) is 8.02. The summed E-state index contributed by atoms with van der Waals surface area (Å²) >= 11 is 0. The molecule has 8 nitrogen and oxygen atoms in total. The number of nitrogens with zero attached hydrogens (tertiary/aromatic N) is 1. The third-order valence-corrected chi connectivity index (χ3v) is 6.20. The van der Waals surface area contributed by atoms with E-state index in [1.807, 2.05) is 31.2 Å². The molecule has 1 heterocycles. The quantitative estimate of drug-likeness (QED) is 0.388. The highest BCUT2D eigenvalue weighted by molar-refractivity contribution is 6.00. The van der Waals surface area contributed by atoms with E-state index in [1.54, 1.807) is 24.3 Å². The maximum absolute atomic E-state index is 15.0. The first kappa shape index (κ1) is 25.7. The van der Waals surface area contributed by atoms with E-state index in [2.05, 4.69) is 10.6 Å². The number of carbonyl (C=O) groups is 3. The molecule has 3 amide bonds. The van der Waals surface area contributed by atoms with Crippen molar-refractivity contribution in [2.45, 2.75) is 38.6 Å². The first-order valence-corrected chi connectivity index (χ1v) is 12.0. The Morgan fingerprint density at radius 1 is 1.05 bits per heavy atom. The van der Waals surface area contributed by atoms with Crippen LogP contribution in [0, 0.1) is 6.92 Å². The summed E-state index contributed by atoms with van der Waals surface area (Å²) < 4.78 is 20.4. The van der Waals surface area contributed by atoms with E-state index >= 15 is 4.39 Å². The largest absolute Gasteiger partial charge is 0.478 e. The second-order valence-corrected chi connectivity index (χ2v) is 8.87. The lowest BCUT2D eigenvalue weighted by Crippen LogP contribution is -2.44. The number of amides is 3. The van der Waals surface area contributed by atoms with Crippen molar-refractivity contribution in [3.8, 4) is 5.75 Å². The Balaban J connectivity index is 1.34. The Labute approximate surface area is 214 Å². The lowest BCUT2D eigenvalue weighted by Gasteiger charge is -2.27. The van der Waals surface area contributed by atoms with Crippen LogP contribution in [-0.2, 0) is 11.2 Å². The summed E-state index contributed by atoms with van der Waals surface area (Å²) in [5, 5.41) is 14.6. The minimum Gasteiger partial charge on any atom is -0.478 e. The number of likely N-dealkylation sites (tertiary alicyclic amines) is 1. The highest BCUT2D eigenvalue weighted by Gasteiger charge is 2.36. The van der Waals surface area contributed by atoms with Gasteiger partial charge < -0.3 is 25.4 Å². The van der Waals surface area contributed by atoms with Gasteiger partial charge in [-0.3, -0.25) is 4.79 Å². The Bertz CT molecular complexity index is 1270. The molecule has 1 saturated heterocycles. The van der Waals surface area contributed by atoms with Crippen molar-refractivity contribution < 1.29 is 28.6 Å². The van der Waals surface area contributed by atoms with Gasteiger partial charge in [-0.25, -0.2) is 9.59 Å². The van der Waals surface area contributed by atoms with Crippen LogP contribution in [0.4, 0.5) is 20.6 Å². The number of carbonyl (C=O) groups excluding carboxylic acids is 2. The molecule has 1 aliphatic rings. The van der Waals surface area contributed by atoms with Crippen molar-refractivity contribution in [2.75, 3.05) is 17.2 Å². The fourth-order valence-electron chi connectivity index (χ4n) is 4.32. The van der Waals surface area contributed by atoms with Crippen LogP contribution in [0.5, 0.6) is 5.75 Å². The van der Waals surface area contributed by atoms with E-state index in [1.165, 1.54) is 29.2 Å². The number of aromatic carboxylic acids is 1. The van der Waals surface area contributed by atoms with Crippen LogP contribution in [0.25, 0.3) is 0 Å². The Morgan fingerprint density at radius 2 is 1.78 bits per heavy atom. The van der Waals surface area contributed by atoms with E-state index in [0.29, 0.717) is 30.8 Å². The number of halogens is 1. The zero-order chi connectivity index (χ0) is 26.4. The number of carboxylic acid groups (broad SMARTS) is 1. The second kappa shape index (κ2) is 11.6. The van der Waals surface area contributed by atoms with Gasteiger partial charge in [0.2, 0.25) is 5.91 Å². The smallest absolute Gasteiger partial charge is 0.335 e. The van der Waals surface area contributed by atoms with Gasteiger partial charge in [0.25, 0.3) is 6.36 Å². The molecule has 0 aromatic heterocycles. The number of anilines is 2. The minimum absolute atomic E-state index is 0.0776. The van der Waals surface area contributed by atoms with Crippen LogP contribution >= 0.6 is 0 Å². The summed E-state index contributed by atoms with van der Waals surface area (Å²) in [5.41, 5.74) is 2.92. The number of para-hydroxylation sites is 1. The number of urea groups is 1. The lowest BCUT2D eigenvalue weighted by molar-refractivity contribution is -0.135. The number of hydrogen-bond acceptors (Lipinski definition) is 4. The van der Waals surface area contributed by atoms with E-state index in [9.17, 15) is 14.4 Å². The molecule has 1 aliphatic heterocycles. The summed E-state index contributed by atoms with van der Waals surface area (Å²) in [6.45, 7) is 2.27. The van der Waals surface area contributed by atoms with Crippen molar-refractivity contribution in [1.82, 2.24) is 4.90 Å². The molecule has 4 rings (SSSR count). The number of alkyl halides is 1. The highest BCUT2D eigenvalue weighted by Crippen LogP contribution is 2.26. The lowest BCUT2D eigenvalue weighted by atomic mass is 10.1. The SMILES string of the molecule is Cc1cc(CC(=O)N2CCC[C@H]2C(F)Oc2ccc(C(=O)O)cc2)ccc1NC(=O)Nc1ccccc1. The van der Waals surface area contributed by atoms with Gasteiger partial charge >= 0.3 is 12.0 Å². The third kappa shape index (κ3) is 6.63. The zero-order valence-corrected chi connectivity index (χ0v) is 20.3. The summed E-state index contributed by atoms with van der Waals surface area (Å²) in [5.74, 6) is -1.09. The minimum atomic E-state index is -1.74. The van der Waals surface area contributed by atoms with Gasteiger partial charge in [0.05, 0.1) is 18.0 Å². The monoisotopic (exact) mass is 505 g/mol. The van der Waals surface area contributed by atoms with E-state index in [-0.39, 0.29) is 29.7 Å². The topological polar surface area (TPSA) is 108 Å². The molecule has 0 radical (unpaired) electrons. The van der Waals surface area contributed by atoms with Gasteiger partial charge in [0.1, 0.15) is 5.75 Å². The van der Waals surface area contributed by atoms with Gasteiger partial charge in [-0.1, -0.05) is 30.3 Å². The van der Waals surface area contributed by atoms with Crippen LogP contribution in [0.2, 0.25) is 0 Å². The molecule has 2 atom stereocenters. The van der Waals surface area contributed by atoms with Gasteiger partial charge in [0, 0.05) is 17.9 Å². The van der Waals surface area contributed by atoms with Gasteiger partial charge in [0.15, 0.2) is 0 Å². The van der Waals surface area contributed by atoms with E-state index < -0.39 is 18.4 Å². The van der Waals surface area contributed by atoms with Crippen molar-refractivity contribution in [1.29, 1.82) is 0 Å². The van der Waals surface area contributed by atoms with Gasteiger partial charge in [-0.15, -0.1) is 0 Å². The number of aryl methyl sites for hydroxylation is 1. The predicted molar refractivity (Wildman–Crippen MR) is 138 cm³/mol. The molecule has 3 aromatic rings. The average Bonchev–Trinajstić information content (AvgIpc) is 3.37. The van der Waals surface area contributed by atoms with Crippen LogP contribution in [-0.4, -0.2) is 46.9 Å². The molecular formula is C28H28FN3O5. The molecular weight excluding hydrogens is 477 g/mol. The first-order valence-electron chi connectivity index (χ1n) is 12.0. The van der Waals surface area contributed by atoms with Crippen molar-refractivity contribution in [3.63, 3.8) is 0 Å². The maximum atomic E-state index is 15.0. The third-order valence-electron chi connectivity index (χ3n) is 6.20. The van der Waals surface area contributed by atoms with Gasteiger partial charge in [-0.2, -0.15) is 4.39 Å². The van der Waals surface area contributed by atoms with Crippen molar-refractivity contribution >= 4 is 29.3 Å². The van der Waals surface area contributed by atoms with Crippen LogP contribution in [0.3, 0.4) is 0 Å². The molecule has 3 N–H and O–H groups in total. The Morgan fingerprint density at radius 3 is 2.46 bits per heavy atom. The summed E-state index contributed by atoms with van der Waals surface area (Å²) in [6, 6.07) is 18.8. The molecule has 192 valence electrons. The zero-order valence-electron chi connectivity index (χ0n) is 20.3. The second-order valence-electron chi connectivity index (χ2n) is 8.87. The van der Waals surface area contributed by atoms with Gasteiger partial charge in [-0.05, 0) is 73.4 Å². The number of ether oxygens (including phenoxy) is 1. The van der Waals surface area contributed by atoms with Crippen molar-refractivity contribution in [3.05, 3.63) is 89.5 Å². The number of carboxylic acids is 1. The summed E-state index contributed by atoms with van der Waals surface area (Å²) in [7, 11) is 0. The molecule has 9 heteroatoms. The molecule has 1 fully saturated rings. The predicted octanol–water partition coefficient (Wildman–Crippen LogP) is 5.25. The highest BCUT2D eigenvalue weighted by atomic mass is 19.1. The van der Waals surface area contributed by atoms with Crippen LogP contribution < -0.4 is 15.4 Å². The number of nitrogens with one attached hydrogen (secondary N) is 2. The number of rotatable bonds is 8. The molecule has 0 saturated carbocycles. The first-order chi connectivity index (χ1) is 17.8. The fourth-order valence-corrected chi connectivity index (χ4v) is 4.32. The van der Waals surface area contributed by atoms with E-state index in [0.717, 1.165) is 11.1 Å². The maximum Gasteiger partial charge on any atom is 0.335 e.